The Labute approximate surface area is 141 Å². The lowest BCUT2D eigenvalue weighted by Crippen LogP contribution is -2.59. The van der Waals surface area contributed by atoms with Gasteiger partial charge in [0.25, 0.3) is 0 Å². The third kappa shape index (κ3) is 4.10. The Morgan fingerprint density at radius 2 is 1.73 bits per heavy atom. The van der Waals surface area contributed by atoms with Crippen LogP contribution in [0, 0.1) is 0 Å². The summed E-state index contributed by atoms with van der Waals surface area (Å²) in [6.07, 6.45) is 0. The number of carbonyl (C=O) groups excluding carboxylic acids is 2. The third-order valence-electron chi connectivity index (χ3n) is 3.84. The number of amides is 2. The summed E-state index contributed by atoms with van der Waals surface area (Å²) in [6.45, 7) is 2.34. The molecule has 1 radical (unpaired) electrons. The van der Waals surface area contributed by atoms with Crippen molar-refractivity contribution in [3.63, 3.8) is 0 Å². The Morgan fingerprint density at radius 3 is 2.36 bits per heavy atom. The molecule has 0 aromatic carbocycles. The van der Waals surface area contributed by atoms with Crippen molar-refractivity contribution in [1.82, 2.24) is 20.0 Å². The highest BCUT2D eigenvalue weighted by molar-refractivity contribution is 8.00. The van der Waals surface area contributed by atoms with Gasteiger partial charge in [0, 0.05) is 59.3 Å². The monoisotopic (exact) mass is 345 g/mol. The maximum atomic E-state index is 12.4. The van der Waals surface area contributed by atoms with Gasteiger partial charge in [0.2, 0.25) is 11.8 Å². The van der Waals surface area contributed by atoms with Crippen LogP contribution in [0.5, 0.6) is 0 Å². The van der Waals surface area contributed by atoms with Crippen molar-refractivity contribution in [2.24, 2.45) is 0 Å². The molecule has 2 amide bonds. The third-order valence-corrected chi connectivity index (χ3v) is 6.33. The van der Waals surface area contributed by atoms with Crippen LogP contribution in [-0.2, 0) is 9.59 Å². The number of nitrogens with zero attached hydrogens (tertiary/aromatic N) is 4. The largest absolute Gasteiger partial charge is 0.348 e. The molecule has 2 saturated heterocycles. The predicted octanol–water partition coefficient (Wildman–Crippen LogP) is -0.374. The lowest BCUT2D eigenvalue weighted by atomic mass is 10.2. The highest BCUT2D eigenvalue weighted by Gasteiger charge is 2.40. The quantitative estimate of drug-likeness (QED) is 0.698. The molecule has 3 atom stereocenters. The second-order valence-corrected chi connectivity index (χ2v) is 8.47. The molecule has 2 aliphatic heterocycles. The van der Waals surface area contributed by atoms with Crippen LogP contribution < -0.4 is 5.32 Å². The second kappa shape index (κ2) is 7.90. The van der Waals surface area contributed by atoms with Gasteiger partial charge in [-0.05, 0) is 0 Å². The summed E-state index contributed by atoms with van der Waals surface area (Å²) in [7, 11) is 7.15. The summed E-state index contributed by atoms with van der Waals surface area (Å²) in [6, 6.07) is -0.313. The van der Waals surface area contributed by atoms with Gasteiger partial charge >= 0.3 is 0 Å². The molecule has 2 fully saturated rings. The Morgan fingerprint density at radius 1 is 1.05 bits per heavy atom. The summed E-state index contributed by atoms with van der Waals surface area (Å²) in [5, 5.41) is 4.57. The van der Waals surface area contributed by atoms with Crippen molar-refractivity contribution < 1.29 is 9.59 Å². The van der Waals surface area contributed by atoms with E-state index in [1.807, 2.05) is 0 Å². The topological polar surface area (TPSA) is 58.0 Å². The van der Waals surface area contributed by atoms with Gasteiger partial charge in [-0.3, -0.25) is 14.5 Å². The van der Waals surface area contributed by atoms with Crippen LogP contribution in [-0.4, -0.2) is 103 Å². The summed E-state index contributed by atoms with van der Waals surface area (Å²) in [5.74, 6) is 2.08. The number of carbonyl (C=O) groups is 2. The molecule has 0 aliphatic carbocycles. The molecule has 3 unspecified atom stereocenters. The first kappa shape index (κ1) is 17.9. The van der Waals surface area contributed by atoms with E-state index in [4.69, 9.17) is 0 Å². The lowest BCUT2D eigenvalue weighted by molar-refractivity contribution is -0.132. The highest BCUT2D eigenvalue weighted by atomic mass is 32.2. The molecule has 6 nitrogen and oxygen atoms in total. The minimum absolute atomic E-state index is 0.0404. The van der Waals surface area contributed by atoms with Crippen LogP contribution in [0.25, 0.3) is 0 Å². The summed E-state index contributed by atoms with van der Waals surface area (Å²) in [5.41, 5.74) is 0. The van der Waals surface area contributed by atoms with Gasteiger partial charge in [-0.25, -0.2) is 5.32 Å². The molecule has 22 heavy (non-hydrogen) atoms. The van der Waals surface area contributed by atoms with E-state index < -0.39 is 0 Å². The number of hydrogen-bond donors (Lipinski definition) is 0. The van der Waals surface area contributed by atoms with E-state index in [-0.39, 0.29) is 28.5 Å². The minimum Gasteiger partial charge on any atom is -0.348 e. The molecule has 0 aromatic heterocycles. The minimum atomic E-state index is -0.313. The molecular weight excluding hydrogens is 320 g/mol. The van der Waals surface area contributed by atoms with E-state index in [0.29, 0.717) is 6.54 Å². The SMILES string of the molecule is CN(C)C(=O)C1CN(C2SCC[N]C2C(=O)N(C)C)CCS1. The fraction of sp³-hybridized carbons (Fsp3) is 0.857. The molecular formula is C14H25N4O2S2. The first-order valence-electron chi connectivity index (χ1n) is 7.48. The average molecular weight is 346 g/mol. The van der Waals surface area contributed by atoms with Crippen molar-refractivity contribution in [1.29, 1.82) is 0 Å². The summed E-state index contributed by atoms with van der Waals surface area (Å²) >= 11 is 3.51. The fourth-order valence-electron chi connectivity index (χ4n) is 2.65. The normalized spacial score (nSPS) is 29.9. The number of rotatable bonds is 3. The van der Waals surface area contributed by atoms with Gasteiger partial charge in [0.1, 0.15) is 6.04 Å². The molecule has 0 spiro atoms. The lowest BCUT2D eigenvalue weighted by Gasteiger charge is -2.42. The van der Waals surface area contributed by atoms with E-state index in [2.05, 4.69) is 10.2 Å². The van der Waals surface area contributed by atoms with E-state index in [9.17, 15) is 9.59 Å². The smallest absolute Gasteiger partial charge is 0.243 e. The van der Waals surface area contributed by atoms with Gasteiger partial charge in [0.15, 0.2) is 0 Å². The molecule has 0 saturated carbocycles. The van der Waals surface area contributed by atoms with Gasteiger partial charge in [0.05, 0.1) is 10.6 Å². The number of hydrogen-bond acceptors (Lipinski definition) is 5. The zero-order valence-corrected chi connectivity index (χ0v) is 15.3. The highest BCUT2D eigenvalue weighted by Crippen LogP contribution is 2.30. The predicted molar refractivity (Wildman–Crippen MR) is 92.2 cm³/mol. The molecule has 8 heteroatoms. The van der Waals surface area contributed by atoms with Crippen LogP contribution in [0.4, 0.5) is 0 Å². The van der Waals surface area contributed by atoms with Crippen LogP contribution in [0.1, 0.15) is 0 Å². The number of thioether (sulfide) groups is 2. The Hall–Kier alpha value is -0.440. The molecule has 125 valence electrons. The summed E-state index contributed by atoms with van der Waals surface area (Å²) in [4.78, 5) is 30.2. The van der Waals surface area contributed by atoms with Crippen LogP contribution in [0.2, 0.25) is 0 Å². The second-order valence-electron chi connectivity index (χ2n) is 5.93. The van der Waals surface area contributed by atoms with E-state index in [0.717, 1.165) is 24.6 Å². The van der Waals surface area contributed by atoms with Crippen LogP contribution in [0.3, 0.4) is 0 Å². The fourth-order valence-corrected chi connectivity index (χ4v) is 5.17. The van der Waals surface area contributed by atoms with Crippen molar-refractivity contribution in [2.75, 3.05) is 59.3 Å². The Bertz CT molecular complexity index is 420. The van der Waals surface area contributed by atoms with Gasteiger partial charge < -0.3 is 9.80 Å². The first-order chi connectivity index (χ1) is 10.4. The number of likely N-dealkylation sites (N-methyl/N-ethyl adjacent to an activating group) is 1. The zero-order chi connectivity index (χ0) is 16.3. The Balaban J connectivity index is 2.07. The molecule has 0 bridgehead atoms. The van der Waals surface area contributed by atoms with Gasteiger partial charge in [-0.15, -0.1) is 23.5 Å². The van der Waals surface area contributed by atoms with Gasteiger partial charge in [-0.1, -0.05) is 0 Å². The van der Waals surface area contributed by atoms with E-state index in [1.54, 1.807) is 61.5 Å². The van der Waals surface area contributed by atoms with E-state index in [1.165, 1.54) is 0 Å². The standard InChI is InChI=1S/C14H25N4O2S2/c1-16(2)12(19)10-9-18(6-8-21-10)14-11(13(20)17(3)4)15-5-7-22-14/h10-11,14H,5-9H2,1-4H3. The van der Waals surface area contributed by atoms with E-state index >= 15 is 0 Å². The zero-order valence-electron chi connectivity index (χ0n) is 13.7. The van der Waals surface area contributed by atoms with Crippen LogP contribution in [0.15, 0.2) is 0 Å². The molecule has 2 heterocycles. The van der Waals surface area contributed by atoms with Crippen molar-refractivity contribution in [3.05, 3.63) is 0 Å². The Kier molecular flexibility index (Phi) is 6.43. The molecule has 0 aromatic rings. The maximum Gasteiger partial charge on any atom is 0.243 e. The molecule has 2 rings (SSSR count). The first-order valence-corrected chi connectivity index (χ1v) is 9.57. The summed E-state index contributed by atoms with van der Waals surface area (Å²) < 4.78 is 0. The molecule has 2 aliphatic rings. The van der Waals surface area contributed by atoms with Crippen LogP contribution >= 0.6 is 23.5 Å². The van der Waals surface area contributed by atoms with Crippen molar-refractivity contribution in [3.8, 4) is 0 Å². The maximum absolute atomic E-state index is 12.4. The molecule has 0 N–H and O–H groups in total. The average Bonchev–Trinajstić information content (AvgIpc) is 2.53. The van der Waals surface area contributed by atoms with Crippen molar-refractivity contribution >= 4 is 35.3 Å². The van der Waals surface area contributed by atoms with Crippen molar-refractivity contribution in [2.45, 2.75) is 16.7 Å². The van der Waals surface area contributed by atoms with Gasteiger partial charge in [-0.2, -0.15) is 0 Å².